The number of rotatable bonds is 49. The molecule has 1 amide bonds. The van der Waals surface area contributed by atoms with Gasteiger partial charge in [0.1, 0.15) is 30.5 Å². The summed E-state index contributed by atoms with van der Waals surface area (Å²) in [6.45, 7) is 7.86. The first-order valence-electron chi connectivity index (χ1n) is 29.3. The van der Waals surface area contributed by atoms with Crippen molar-refractivity contribution in [1.82, 2.24) is 5.32 Å². The van der Waals surface area contributed by atoms with E-state index in [9.17, 15) is 43.7 Å². The molecule has 16 heteroatoms. The Morgan fingerprint density at radius 2 is 0.847 bits per heavy atom. The van der Waals surface area contributed by atoms with Crippen LogP contribution in [0.25, 0.3) is 0 Å². The van der Waals surface area contributed by atoms with Crippen molar-refractivity contribution in [3.8, 4) is 0 Å². The lowest BCUT2D eigenvalue weighted by atomic mass is 9.96. The van der Waals surface area contributed by atoms with Crippen LogP contribution < -0.4 is 5.32 Å². The highest BCUT2D eigenvalue weighted by atomic mass is 31.2. The molecule has 0 aromatic heterocycles. The Morgan fingerprint density at radius 1 is 0.500 bits per heavy atom. The normalized spacial score (nSPS) is 18.9. The molecule has 1 saturated heterocycles. The molecule has 1 aliphatic heterocycles. The van der Waals surface area contributed by atoms with Crippen molar-refractivity contribution < 1.29 is 67.2 Å². The number of amides is 1. The van der Waals surface area contributed by atoms with Gasteiger partial charge in [-0.2, -0.15) is 0 Å². The zero-order valence-electron chi connectivity index (χ0n) is 45.9. The number of ether oxygens (including phenoxy) is 4. The summed E-state index contributed by atoms with van der Waals surface area (Å²) in [7, 11) is -5.34. The summed E-state index contributed by atoms with van der Waals surface area (Å²) in [5.41, 5.74) is 0. The van der Waals surface area contributed by atoms with Gasteiger partial charge in [-0.15, -0.1) is 0 Å². The first-order valence-corrected chi connectivity index (χ1v) is 30.9. The van der Waals surface area contributed by atoms with Crippen molar-refractivity contribution in [2.75, 3.05) is 6.61 Å². The van der Waals surface area contributed by atoms with Gasteiger partial charge in [0.15, 0.2) is 12.4 Å². The maximum atomic E-state index is 13.9. The summed E-state index contributed by atoms with van der Waals surface area (Å²) < 4.78 is 40.6. The summed E-state index contributed by atoms with van der Waals surface area (Å²) in [6.07, 6.45) is 28.1. The van der Waals surface area contributed by atoms with Crippen LogP contribution in [0.3, 0.4) is 0 Å². The molecule has 0 spiro atoms. The molecular formula is C56H106NO14P. The molecule has 7 atom stereocenters. The third-order valence-electron chi connectivity index (χ3n) is 13.8. The molecule has 0 unspecified atom stereocenters. The minimum absolute atomic E-state index is 0.198. The number of aliphatic hydroxyl groups excluding tert-OH is 2. The van der Waals surface area contributed by atoms with Crippen molar-refractivity contribution in [1.29, 1.82) is 0 Å². The summed E-state index contributed by atoms with van der Waals surface area (Å²) in [5.74, 6) is -2.46. The quantitative estimate of drug-likeness (QED) is 0.0165. The number of phosphoric acid groups is 1. The van der Waals surface area contributed by atoms with Gasteiger partial charge in [-0.3, -0.25) is 23.7 Å². The standard InChI is InChI=1S/C56H106NO14P/c1-5-9-13-17-21-25-27-31-35-39-46(67-50(60)41-37-33-29-23-19-15-11-7-3)43-49(59)57-53-55(54(71-72(64,65)66)48(45-58)69-56(53)63)70-52(62)44-47(40-36-32-28-26-22-18-14-10-6-2)68-51(61)42-38-34-30-24-20-16-12-8-4/h46-48,53-56,58,63H,5-45H2,1-4H3,(H,57,59)(H2,64,65,66)/t46-,47-,48-,53+,54-,55-,56+/m1/s1. The van der Waals surface area contributed by atoms with Gasteiger partial charge >= 0.3 is 25.7 Å². The molecule has 1 aliphatic rings. The zero-order valence-corrected chi connectivity index (χ0v) is 46.7. The third kappa shape index (κ3) is 36.8. The molecule has 0 aliphatic carbocycles. The second kappa shape index (κ2) is 45.1. The third-order valence-corrected chi connectivity index (χ3v) is 14.3. The Kier molecular flexibility index (Phi) is 42.5. The van der Waals surface area contributed by atoms with Crippen LogP contribution >= 0.6 is 7.82 Å². The van der Waals surface area contributed by atoms with E-state index in [1.54, 1.807) is 0 Å². The number of hydrogen-bond acceptors (Lipinski definition) is 12. The van der Waals surface area contributed by atoms with Crippen LogP contribution in [-0.4, -0.2) is 93.3 Å². The molecule has 0 aromatic carbocycles. The van der Waals surface area contributed by atoms with Crippen LogP contribution in [0.15, 0.2) is 0 Å². The number of unbranched alkanes of at least 4 members (excludes halogenated alkanes) is 30. The summed E-state index contributed by atoms with van der Waals surface area (Å²) >= 11 is 0. The fourth-order valence-electron chi connectivity index (χ4n) is 9.55. The number of nitrogens with one attached hydrogen (secondary N) is 1. The average molecular weight is 1050 g/mol. The topological polar surface area (TPSA) is 224 Å². The molecule has 15 nitrogen and oxygen atoms in total. The second-order valence-corrected chi connectivity index (χ2v) is 21.9. The maximum Gasteiger partial charge on any atom is 0.470 e. The molecular weight excluding hydrogens is 942 g/mol. The largest absolute Gasteiger partial charge is 0.470 e. The molecule has 424 valence electrons. The molecule has 0 bridgehead atoms. The fourth-order valence-corrected chi connectivity index (χ4v) is 10.1. The van der Waals surface area contributed by atoms with Crippen LogP contribution in [-0.2, 0) is 47.2 Å². The van der Waals surface area contributed by atoms with Crippen LogP contribution in [0.2, 0.25) is 0 Å². The molecule has 72 heavy (non-hydrogen) atoms. The first-order chi connectivity index (χ1) is 34.8. The highest BCUT2D eigenvalue weighted by Gasteiger charge is 2.51. The van der Waals surface area contributed by atoms with Crippen molar-refractivity contribution in [3.05, 3.63) is 0 Å². The van der Waals surface area contributed by atoms with Gasteiger partial charge in [-0.1, -0.05) is 220 Å². The lowest BCUT2D eigenvalue weighted by molar-refractivity contribution is -0.256. The molecule has 5 N–H and O–H groups in total. The predicted molar refractivity (Wildman–Crippen MR) is 284 cm³/mol. The summed E-state index contributed by atoms with van der Waals surface area (Å²) in [4.78, 5) is 74.1. The van der Waals surface area contributed by atoms with Gasteiger partial charge in [-0.05, 0) is 38.5 Å². The molecule has 1 fully saturated rings. The van der Waals surface area contributed by atoms with Gasteiger partial charge in [-0.25, -0.2) is 4.57 Å². The van der Waals surface area contributed by atoms with Crippen LogP contribution in [0.4, 0.5) is 0 Å². The van der Waals surface area contributed by atoms with Crippen molar-refractivity contribution in [3.63, 3.8) is 0 Å². The van der Waals surface area contributed by atoms with Crippen LogP contribution in [0.5, 0.6) is 0 Å². The van der Waals surface area contributed by atoms with Gasteiger partial charge in [0, 0.05) is 12.8 Å². The Morgan fingerprint density at radius 3 is 1.21 bits per heavy atom. The minimum atomic E-state index is -5.34. The highest BCUT2D eigenvalue weighted by Crippen LogP contribution is 2.42. The van der Waals surface area contributed by atoms with E-state index in [4.69, 9.17) is 23.5 Å². The smallest absolute Gasteiger partial charge is 0.462 e. The Labute approximate surface area is 436 Å². The van der Waals surface area contributed by atoms with E-state index in [-0.39, 0.29) is 19.3 Å². The van der Waals surface area contributed by atoms with Crippen molar-refractivity contribution >= 4 is 31.6 Å². The highest BCUT2D eigenvalue weighted by molar-refractivity contribution is 7.46. The Bertz CT molecular complexity index is 1400. The van der Waals surface area contributed by atoms with E-state index >= 15 is 0 Å². The zero-order chi connectivity index (χ0) is 53.1. The van der Waals surface area contributed by atoms with Crippen LogP contribution in [0.1, 0.15) is 285 Å². The maximum absolute atomic E-state index is 13.9. The number of carbonyl (C=O) groups excluding carboxylic acids is 4. The van der Waals surface area contributed by atoms with Crippen molar-refractivity contribution in [2.45, 2.75) is 327 Å². The van der Waals surface area contributed by atoms with Crippen molar-refractivity contribution in [2.24, 2.45) is 0 Å². The van der Waals surface area contributed by atoms with E-state index in [1.807, 2.05) is 0 Å². The number of hydrogen-bond donors (Lipinski definition) is 5. The first kappa shape index (κ1) is 67.9. The molecule has 0 aromatic rings. The average Bonchev–Trinajstić information content (AvgIpc) is 3.33. The van der Waals surface area contributed by atoms with E-state index in [1.165, 1.54) is 103 Å². The lowest BCUT2D eigenvalue weighted by Crippen LogP contribution is -2.65. The number of phosphoric ester groups is 1. The van der Waals surface area contributed by atoms with Gasteiger partial charge in [0.25, 0.3) is 0 Å². The minimum Gasteiger partial charge on any atom is -0.462 e. The van der Waals surface area contributed by atoms with E-state index in [0.29, 0.717) is 38.5 Å². The van der Waals surface area contributed by atoms with Crippen LogP contribution in [0, 0.1) is 0 Å². The van der Waals surface area contributed by atoms with E-state index in [0.717, 1.165) is 89.9 Å². The monoisotopic (exact) mass is 1050 g/mol. The van der Waals surface area contributed by atoms with Gasteiger partial charge in [0.05, 0.1) is 19.4 Å². The van der Waals surface area contributed by atoms with Gasteiger partial charge in [0.2, 0.25) is 5.91 Å². The van der Waals surface area contributed by atoms with E-state index < -0.39 is 87.5 Å². The summed E-state index contributed by atoms with van der Waals surface area (Å²) in [5, 5.41) is 24.1. The Hall–Kier alpha value is -2.13. The summed E-state index contributed by atoms with van der Waals surface area (Å²) in [6, 6.07) is -1.62. The van der Waals surface area contributed by atoms with Gasteiger partial charge < -0.3 is 44.3 Å². The molecule has 1 rings (SSSR count). The van der Waals surface area contributed by atoms with E-state index in [2.05, 4.69) is 33.0 Å². The second-order valence-electron chi connectivity index (χ2n) is 20.7. The molecule has 1 heterocycles. The molecule has 0 radical (unpaired) electrons. The number of carbonyl (C=O) groups is 4. The SMILES string of the molecule is CCCCCCCCCCC[C@H](CC(=O)N[C@H]1[C@@H](OC(=O)C[C@@H](CCCCCCCCCCC)OC(=O)CCCCCCCCCC)[C@H](OP(=O)(O)O)[C@@H](CO)O[C@@H]1O)OC(=O)CCCCCCCCCC. The molecule has 0 saturated carbocycles. The number of aliphatic hydroxyl groups is 2. The number of esters is 3. The Balaban J connectivity index is 3.20. The predicted octanol–water partition coefficient (Wildman–Crippen LogP) is 13.1. The lowest BCUT2D eigenvalue weighted by Gasteiger charge is -2.43. The fraction of sp³-hybridized carbons (Fsp3) is 0.929.